The van der Waals surface area contributed by atoms with Crippen LogP contribution < -0.4 is 15.1 Å². The molecule has 9 heteroatoms. The summed E-state index contributed by atoms with van der Waals surface area (Å²) in [7, 11) is 0. The summed E-state index contributed by atoms with van der Waals surface area (Å²) in [6, 6.07) is 21.3. The zero-order valence-electron chi connectivity index (χ0n) is 20.0. The fourth-order valence-corrected chi connectivity index (χ4v) is 5.04. The molecule has 0 spiro atoms. The Morgan fingerprint density at radius 1 is 0.946 bits per heavy atom. The number of anilines is 3. The molecule has 0 aliphatic carbocycles. The van der Waals surface area contributed by atoms with Crippen molar-refractivity contribution in [3.63, 3.8) is 0 Å². The molecule has 1 atom stereocenters. The molecule has 0 aromatic heterocycles. The first-order valence-electron chi connectivity index (χ1n) is 12.0. The molecule has 2 aliphatic rings. The first-order chi connectivity index (χ1) is 17.9. The number of para-hydroxylation sites is 1. The predicted molar refractivity (Wildman–Crippen MR) is 144 cm³/mol. The van der Waals surface area contributed by atoms with Crippen molar-refractivity contribution in [3.8, 4) is 0 Å². The third-order valence-corrected chi connectivity index (χ3v) is 6.93. The van der Waals surface area contributed by atoms with Crippen LogP contribution in [0.25, 0.3) is 0 Å². The molecule has 3 aromatic rings. The number of benzene rings is 3. The lowest BCUT2D eigenvalue weighted by atomic mass is 10.1. The Kier molecular flexibility index (Phi) is 6.96. The van der Waals surface area contributed by atoms with E-state index in [-0.39, 0.29) is 24.1 Å². The quantitative estimate of drug-likeness (QED) is 0.469. The van der Waals surface area contributed by atoms with Gasteiger partial charge in [0.1, 0.15) is 11.9 Å². The normalized spacial score (nSPS) is 17.6. The molecule has 3 amide bonds. The standard InChI is InChI=1S/C28H25FN4O3S/c29-20-10-12-21(13-11-20)30-25(34)17-24-27(36)33(23-5-2-1-3-6-23)28(37)32(24)18-19-8-14-22(15-9-19)31-16-4-7-26(31)35/h1-3,5-6,8-15,24H,4,7,16-18H2,(H,30,34)/t24-/m1/s1. The van der Waals surface area contributed by atoms with Crippen molar-refractivity contribution in [2.24, 2.45) is 0 Å². The van der Waals surface area contributed by atoms with E-state index in [1.54, 1.807) is 21.9 Å². The van der Waals surface area contributed by atoms with E-state index in [0.29, 0.717) is 36.0 Å². The molecule has 2 heterocycles. The highest BCUT2D eigenvalue weighted by Gasteiger charge is 2.44. The van der Waals surface area contributed by atoms with Gasteiger partial charge in [-0.3, -0.25) is 19.3 Å². The van der Waals surface area contributed by atoms with Gasteiger partial charge in [-0.25, -0.2) is 4.39 Å². The highest BCUT2D eigenvalue weighted by atomic mass is 32.1. The topological polar surface area (TPSA) is 73.0 Å². The number of thiocarbonyl (C=S) groups is 1. The second kappa shape index (κ2) is 10.5. The van der Waals surface area contributed by atoms with Gasteiger partial charge in [-0.05, 0) is 72.7 Å². The van der Waals surface area contributed by atoms with Crippen LogP contribution in [0.15, 0.2) is 78.9 Å². The number of carbonyl (C=O) groups is 3. The smallest absolute Gasteiger partial charge is 0.256 e. The lowest BCUT2D eigenvalue weighted by molar-refractivity contribution is -0.124. The van der Waals surface area contributed by atoms with Gasteiger partial charge >= 0.3 is 0 Å². The average Bonchev–Trinajstić information content (AvgIpc) is 3.42. The zero-order valence-corrected chi connectivity index (χ0v) is 20.8. The second-order valence-corrected chi connectivity index (χ2v) is 9.38. The molecule has 37 heavy (non-hydrogen) atoms. The van der Waals surface area contributed by atoms with Crippen molar-refractivity contribution in [2.45, 2.75) is 31.8 Å². The molecule has 0 bridgehead atoms. The fraction of sp³-hybridized carbons (Fsp3) is 0.214. The van der Waals surface area contributed by atoms with Crippen LogP contribution >= 0.6 is 12.2 Å². The minimum Gasteiger partial charge on any atom is -0.332 e. The Morgan fingerprint density at radius 3 is 2.30 bits per heavy atom. The average molecular weight is 517 g/mol. The highest BCUT2D eigenvalue weighted by molar-refractivity contribution is 7.80. The number of hydrogen-bond acceptors (Lipinski definition) is 4. The third kappa shape index (κ3) is 5.22. The summed E-state index contributed by atoms with van der Waals surface area (Å²) in [6.45, 7) is 1.02. The van der Waals surface area contributed by atoms with Gasteiger partial charge in [0.15, 0.2) is 5.11 Å². The lowest BCUT2D eigenvalue weighted by Crippen LogP contribution is -2.37. The molecule has 0 saturated carbocycles. The molecule has 7 nitrogen and oxygen atoms in total. The van der Waals surface area contributed by atoms with Crippen LogP contribution in [-0.2, 0) is 20.9 Å². The Balaban J connectivity index is 1.37. The molecule has 5 rings (SSSR count). The zero-order chi connectivity index (χ0) is 25.9. The van der Waals surface area contributed by atoms with Crippen LogP contribution in [0.5, 0.6) is 0 Å². The van der Waals surface area contributed by atoms with E-state index in [1.807, 2.05) is 42.5 Å². The lowest BCUT2D eigenvalue weighted by Gasteiger charge is -2.24. The Labute approximate surface area is 219 Å². The molecular formula is C28H25FN4O3S. The van der Waals surface area contributed by atoms with E-state index in [9.17, 15) is 18.8 Å². The SMILES string of the molecule is O=C(C[C@@H]1C(=O)N(c2ccccc2)C(=S)N1Cc1ccc(N2CCCC2=O)cc1)Nc1ccc(F)cc1. The molecule has 188 valence electrons. The molecule has 0 radical (unpaired) electrons. The number of carbonyl (C=O) groups excluding carboxylic acids is 3. The van der Waals surface area contributed by atoms with E-state index in [1.165, 1.54) is 29.2 Å². The maximum Gasteiger partial charge on any atom is 0.256 e. The molecule has 1 N–H and O–H groups in total. The van der Waals surface area contributed by atoms with Crippen molar-refractivity contribution < 1.29 is 18.8 Å². The van der Waals surface area contributed by atoms with Crippen LogP contribution in [-0.4, -0.2) is 40.3 Å². The number of nitrogens with one attached hydrogen (secondary N) is 1. The Morgan fingerprint density at radius 2 is 1.65 bits per heavy atom. The van der Waals surface area contributed by atoms with Crippen molar-refractivity contribution in [1.82, 2.24) is 4.90 Å². The highest BCUT2D eigenvalue weighted by Crippen LogP contribution is 2.29. The Hall–Kier alpha value is -4.11. The van der Waals surface area contributed by atoms with Crippen LogP contribution in [0.4, 0.5) is 21.5 Å². The largest absolute Gasteiger partial charge is 0.332 e. The Bertz CT molecular complexity index is 1330. The van der Waals surface area contributed by atoms with E-state index in [0.717, 1.165) is 17.7 Å². The maximum atomic E-state index is 13.5. The van der Waals surface area contributed by atoms with Gasteiger partial charge in [0.25, 0.3) is 5.91 Å². The second-order valence-electron chi connectivity index (χ2n) is 9.01. The number of hydrogen-bond donors (Lipinski definition) is 1. The number of amides is 3. The van der Waals surface area contributed by atoms with E-state index in [4.69, 9.17) is 12.2 Å². The number of nitrogens with zero attached hydrogens (tertiary/aromatic N) is 3. The van der Waals surface area contributed by atoms with E-state index >= 15 is 0 Å². The van der Waals surface area contributed by atoms with Gasteiger partial charge in [-0.2, -0.15) is 0 Å². The van der Waals surface area contributed by atoms with E-state index in [2.05, 4.69) is 5.32 Å². The van der Waals surface area contributed by atoms with Gasteiger partial charge in [-0.15, -0.1) is 0 Å². The molecule has 2 saturated heterocycles. The maximum absolute atomic E-state index is 13.5. The predicted octanol–water partition coefficient (Wildman–Crippen LogP) is 4.48. The monoisotopic (exact) mass is 516 g/mol. The van der Waals surface area contributed by atoms with Crippen LogP contribution in [0, 0.1) is 5.82 Å². The fourth-order valence-electron chi connectivity index (χ4n) is 4.65. The first-order valence-corrected chi connectivity index (χ1v) is 12.5. The number of halogens is 1. The van der Waals surface area contributed by atoms with Gasteiger partial charge < -0.3 is 15.1 Å². The molecule has 2 fully saturated rings. The van der Waals surface area contributed by atoms with Crippen molar-refractivity contribution in [1.29, 1.82) is 0 Å². The van der Waals surface area contributed by atoms with Gasteiger partial charge in [0.05, 0.1) is 12.1 Å². The van der Waals surface area contributed by atoms with Gasteiger partial charge in [0, 0.05) is 30.9 Å². The summed E-state index contributed by atoms with van der Waals surface area (Å²) >= 11 is 5.73. The van der Waals surface area contributed by atoms with E-state index < -0.39 is 11.9 Å². The summed E-state index contributed by atoms with van der Waals surface area (Å²) in [5, 5.41) is 3.04. The van der Waals surface area contributed by atoms with Crippen LogP contribution in [0.3, 0.4) is 0 Å². The molecule has 0 unspecified atom stereocenters. The van der Waals surface area contributed by atoms with Crippen molar-refractivity contribution in [2.75, 3.05) is 21.7 Å². The minimum absolute atomic E-state index is 0.116. The molecule has 3 aromatic carbocycles. The van der Waals surface area contributed by atoms with Crippen molar-refractivity contribution in [3.05, 3.63) is 90.2 Å². The summed E-state index contributed by atoms with van der Waals surface area (Å²) in [6.07, 6.45) is 1.28. The van der Waals surface area contributed by atoms with Gasteiger partial charge in [-0.1, -0.05) is 30.3 Å². The summed E-state index contributed by atoms with van der Waals surface area (Å²) in [4.78, 5) is 43.5. The minimum atomic E-state index is -0.812. The summed E-state index contributed by atoms with van der Waals surface area (Å²) < 4.78 is 13.2. The summed E-state index contributed by atoms with van der Waals surface area (Å²) in [5.41, 5.74) is 2.81. The number of rotatable bonds is 7. The first kappa shape index (κ1) is 24.6. The molecular weight excluding hydrogens is 491 g/mol. The van der Waals surface area contributed by atoms with Crippen LogP contribution in [0.1, 0.15) is 24.8 Å². The summed E-state index contributed by atoms with van der Waals surface area (Å²) in [5.74, 6) is -0.954. The molecule has 2 aliphatic heterocycles. The third-order valence-electron chi connectivity index (χ3n) is 6.51. The van der Waals surface area contributed by atoms with Gasteiger partial charge in [0.2, 0.25) is 11.8 Å². The van der Waals surface area contributed by atoms with Crippen molar-refractivity contribution >= 4 is 52.1 Å². The van der Waals surface area contributed by atoms with Crippen LogP contribution in [0.2, 0.25) is 0 Å².